The molecule has 6 nitrogen and oxygen atoms in total. The minimum Gasteiger partial charge on any atom is -0.497 e. The fourth-order valence-electron chi connectivity index (χ4n) is 3.65. The highest BCUT2D eigenvalue weighted by atomic mass is 19.1. The number of rotatable bonds is 8. The summed E-state index contributed by atoms with van der Waals surface area (Å²) >= 11 is 0. The van der Waals surface area contributed by atoms with Crippen LogP contribution < -0.4 is 4.74 Å². The van der Waals surface area contributed by atoms with Crippen LogP contribution >= 0.6 is 0 Å². The van der Waals surface area contributed by atoms with Crippen LogP contribution in [0.5, 0.6) is 5.75 Å². The number of likely N-dealkylation sites (N-methyl/N-ethyl adjacent to an activating group) is 1. The highest BCUT2D eigenvalue weighted by Gasteiger charge is 2.43. The second-order valence-corrected chi connectivity index (χ2v) is 8.31. The van der Waals surface area contributed by atoms with Crippen LogP contribution in [0.1, 0.15) is 32.3 Å². The Morgan fingerprint density at radius 3 is 2.74 bits per heavy atom. The van der Waals surface area contributed by atoms with E-state index in [9.17, 15) is 19.4 Å². The molecule has 1 aromatic rings. The second-order valence-electron chi connectivity index (χ2n) is 8.31. The Kier molecular flexibility index (Phi) is 6.83. The maximum Gasteiger partial charge on any atom is 0.256 e. The number of methoxy groups -OCH3 is 1. The van der Waals surface area contributed by atoms with Crippen LogP contribution in [-0.4, -0.2) is 71.9 Å². The summed E-state index contributed by atoms with van der Waals surface area (Å²) in [7, 11) is 3.33. The van der Waals surface area contributed by atoms with Gasteiger partial charge in [-0.25, -0.2) is 4.39 Å². The van der Waals surface area contributed by atoms with Crippen molar-refractivity contribution in [3.8, 4) is 5.75 Å². The summed E-state index contributed by atoms with van der Waals surface area (Å²) < 4.78 is 19.3. The van der Waals surface area contributed by atoms with Gasteiger partial charge in [-0.3, -0.25) is 4.79 Å². The molecule has 152 valence electrons. The maximum atomic E-state index is 14.1. The largest absolute Gasteiger partial charge is 0.497 e. The number of aliphatic hydroxyl groups is 2. The lowest BCUT2D eigenvalue weighted by atomic mass is 9.89. The number of nitrogens with zero attached hydrogens (tertiary/aromatic N) is 2. The molecule has 0 bridgehead atoms. The van der Waals surface area contributed by atoms with Crippen molar-refractivity contribution in [2.24, 2.45) is 5.41 Å². The molecular weight excluding hydrogens is 351 g/mol. The lowest BCUT2D eigenvalue weighted by molar-refractivity contribution is -0.160. The first kappa shape index (κ1) is 21.6. The summed E-state index contributed by atoms with van der Waals surface area (Å²) in [6.45, 7) is 5.16. The molecule has 0 aliphatic carbocycles. The summed E-state index contributed by atoms with van der Waals surface area (Å²) in [5, 5.41) is 20.4. The molecule has 0 spiro atoms. The van der Waals surface area contributed by atoms with Crippen LogP contribution in [0.2, 0.25) is 0 Å². The zero-order valence-corrected chi connectivity index (χ0v) is 16.7. The molecule has 1 aliphatic rings. The zero-order chi connectivity index (χ0) is 20.2. The van der Waals surface area contributed by atoms with E-state index >= 15 is 0 Å². The van der Waals surface area contributed by atoms with E-state index in [1.165, 1.54) is 24.1 Å². The summed E-state index contributed by atoms with van der Waals surface area (Å²) in [6, 6.07) is 4.43. The summed E-state index contributed by atoms with van der Waals surface area (Å²) in [4.78, 5) is 16.3. The third-order valence-corrected chi connectivity index (χ3v) is 4.98. The van der Waals surface area contributed by atoms with Gasteiger partial charge >= 0.3 is 0 Å². The number of hydrogen-bond donors (Lipinski definition) is 2. The number of carbonyl (C=O) groups excluding carboxylic acids is 1. The number of ether oxygens (including phenoxy) is 1. The molecule has 0 radical (unpaired) electrons. The average molecular weight is 382 g/mol. The molecule has 2 N–H and O–H groups in total. The van der Waals surface area contributed by atoms with E-state index in [4.69, 9.17) is 4.74 Å². The molecule has 1 saturated heterocycles. The van der Waals surface area contributed by atoms with Crippen LogP contribution in [0.15, 0.2) is 18.2 Å². The second kappa shape index (κ2) is 8.54. The van der Waals surface area contributed by atoms with Gasteiger partial charge in [0, 0.05) is 43.8 Å². The third-order valence-electron chi connectivity index (χ3n) is 4.98. The highest BCUT2D eigenvalue weighted by Crippen LogP contribution is 2.27. The quantitative estimate of drug-likeness (QED) is 0.715. The standard InChI is InChI=1S/C20H31FN2O4/c1-19(2,14-24)12-22(3)13-20(26)8-5-9-23(18(20)25)11-15-10-16(27-4)6-7-17(15)21/h6-7,10,24,26H,5,8-9,11-14H2,1-4H3. The maximum absolute atomic E-state index is 14.1. The predicted octanol–water partition coefficient (Wildman–Crippen LogP) is 1.64. The monoisotopic (exact) mass is 382 g/mol. The van der Waals surface area contributed by atoms with Gasteiger partial charge in [0.05, 0.1) is 7.11 Å². The van der Waals surface area contributed by atoms with E-state index in [2.05, 4.69) is 0 Å². The number of carbonyl (C=O) groups is 1. The van der Waals surface area contributed by atoms with Crippen LogP contribution in [0.4, 0.5) is 4.39 Å². The van der Waals surface area contributed by atoms with E-state index in [0.717, 1.165) is 0 Å². The molecular formula is C20H31FN2O4. The lowest BCUT2D eigenvalue weighted by Crippen LogP contribution is -2.58. The number of benzene rings is 1. The van der Waals surface area contributed by atoms with E-state index in [-0.39, 0.29) is 31.0 Å². The van der Waals surface area contributed by atoms with Crippen LogP contribution in [-0.2, 0) is 11.3 Å². The topological polar surface area (TPSA) is 73.2 Å². The Bertz CT molecular complexity index is 667. The van der Waals surface area contributed by atoms with Crippen molar-refractivity contribution in [2.45, 2.75) is 38.8 Å². The van der Waals surface area contributed by atoms with Gasteiger partial charge < -0.3 is 24.7 Å². The van der Waals surface area contributed by atoms with Crippen LogP contribution in [0.3, 0.4) is 0 Å². The number of hydrogen-bond acceptors (Lipinski definition) is 5. The van der Waals surface area contributed by atoms with Gasteiger partial charge in [-0.05, 0) is 38.1 Å². The molecule has 1 amide bonds. The van der Waals surface area contributed by atoms with E-state index in [1.807, 2.05) is 25.8 Å². The third kappa shape index (κ3) is 5.40. The van der Waals surface area contributed by atoms with Gasteiger partial charge in [-0.2, -0.15) is 0 Å². The molecule has 7 heteroatoms. The van der Waals surface area contributed by atoms with Gasteiger partial charge in [0.15, 0.2) is 5.60 Å². The lowest BCUT2D eigenvalue weighted by Gasteiger charge is -2.41. The zero-order valence-electron chi connectivity index (χ0n) is 16.7. The van der Waals surface area contributed by atoms with Gasteiger partial charge in [0.1, 0.15) is 11.6 Å². The molecule has 1 fully saturated rings. The van der Waals surface area contributed by atoms with Gasteiger partial charge in [-0.1, -0.05) is 13.8 Å². The molecule has 27 heavy (non-hydrogen) atoms. The fraction of sp³-hybridized carbons (Fsp3) is 0.650. The van der Waals surface area contributed by atoms with Gasteiger partial charge in [0.2, 0.25) is 0 Å². The Balaban J connectivity index is 2.10. The summed E-state index contributed by atoms with van der Waals surface area (Å²) in [5.41, 5.74) is -1.47. The van der Waals surface area contributed by atoms with Crippen molar-refractivity contribution in [2.75, 3.05) is 40.4 Å². The van der Waals surface area contributed by atoms with Gasteiger partial charge in [0.25, 0.3) is 5.91 Å². The summed E-state index contributed by atoms with van der Waals surface area (Å²) in [6.07, 6.45) is 1.01. The normalized spacial score (nSPS) is 21.0. The van der Waals surface area contributed by atoms with Crippen molar-refractivity contribution in [3.63, 3.8) is 0 Å². The Morgan fingerprint density at radius 2 is 2.11 bits per heavy atom. The first-order valence-corrected chi connectivity index (χ1v) is 9.24. The fourth-order valence-corrected chi connectivity index (χ4v) is 3.65. The Hall–Kier alpha value is -1.70. The number of halogens is 1. The van der Waals surface area contributed by atoms with Gasteiger partial charge in [-0.15, -0.1) is 0 Å². The van der Waals surface area contributed by atoms with Crippen LogP contribution in [0, 0.1) is 11.2 Å². The summed E-state index contributed by atoms with van der Waals surface area (Å²) in [5.74, 6) is -0.263. The van der Waals surface area contributed by atoms with E-state index in [1.54, 1.807) is 6.07 Å². The molecule has 1 unspecified atom stereocenters. The van der Waals surface area contributed by atoms with E-state index < -0.39 is 11.4 Å². The smallest absolute Gasteiger partial charge is 0.256 e. The predicted molar refractivity (Wildman–Crippen MR) is 101 cm³/mol. The first-order chi connectivity index (χ1) is 12.6. The minimum absolute atomic E-state index is 0.0188. The van der Waals surface area contributed by atoms with Crippen molar-refractivity contribution in [1.29, 1.82) is 0 Å². The van der Waals surface area contributed by atoms with Crippen molar-refractivity contribution in [1.82, 2.24) is 9.80 Å². The SMILES string of the molecule is COc1ccc(F)c(CN2CCCC(O)(CN(C)CC(C)(C)CO)C2=O)c1. The average Bonchev–Trinajstić information content (AvgIpc) is 2.60. The molecule has 2 rings (SSSR count). The molecule has 1 aromatic carbocycles. The first-order valence-electron chi connectivity index (χ1n) is 9.24. The van der Waals surface area contributed by atoms with E-state index in [0.29, 0.717) is 37.2 Å². The molecule has 1 aliphatic heterocycles. The molecule has 0 saturated carbocycles. The van der Waals surface area contributed by atoms with Crippen molar-refractivity contribution < 1.29 is 24.1 Å². The van der Waals surface area contributed by atoms with Crippen LogP contribution in [0.25, 0.3) is 0 Å². The van der Waals surface area contributed by atoms with Crippen molar-refractivity contribution in [3.05, 3.63) is 29.6 Å². The number of amides is 1. The highest BCUT2D eigenvalue weighted by molar-refractivity contribution is 5.86. The van der Waals surface area contributed by atoms with Crippen molar-refractivity contribution >= 4 is 5.91 Å². The number of aliphatic hydroxyl groups excluding tert-OH is 1. The molecule has 0 aromatic heterocycles. The number of piperidine rings is 1. The Labute approximate surface area is 160 Å². The molecule has 1 heterocycles. The Morgan fingerprint density at radius 1 is 1.41 bits per heavy atom. The molecule has 1 atom stereocenters. The number of likely N-dealkylation sites (tertiary alicyclic amines) is 1. The minimum atomic E-state index is -1.51.